The molecule has 2 N–H and O–H groups in total. The van der Waals surface area contributed by atoms with Crippen molar-refractivity contribution < 1.29 is 9.90 Å². The fraction of sp³-hybridized carbons (Fsp3) is 0.286. The standard InChI is InChI=1S/C14H16BrN3O2/c1-10(9-19)8-16-14(20)13-5-6-18(17-13)12-4-2-3-11(15)7-12/h2-7,10,19H,8-9H2,1H3,(H,16,20). The molecule has 0 aliphatic rings. The summed E-state index contributed by atoms with van der Waals surface area (Å²) in [5, 5.41) is 15.9. The summed E-state index contributed by atoms with van der Waals surface area (Å²) in [6.45, 7) is 2.34. The van der Waals surface area contributed by atoms with Gasteiger partial charge in [0.25, 0.3) is 5.91 Å². The third kappa shape index (κ3) is 3.68. The van der Waals surface area contributed by atoms with Gasteiger partial charge in [0, 0.05) is 23.8 Å². The highest BCUT2D eigenvalue weighted by atomic mass is 79.9. The van der Waals surface area contributed by atoms with E-state index in [4.69, 9.17) is 5.11 Å². The maximum Gasteiger partial charge on any atom is 0.271 e. The normalized spacial score (nSPS) is 12.2. The highest BCUT2D eigenvalue weighted by Gasteiger charge is 2.11. The van der Waals surface area contributed by atoms with Gasteiger partial charge in [0.1, 0.15) is 0 Å². The Balaban J connectivity index is 2.07. The van der Waals surface area contributed by atoms with E-state index in [1.807, 2.05) is 31.2 Å². The van der Waals surface area contributed by atoms with Crippen molar-refractivity contribution in [1.29, 1.82) is 0 Å². The summed E-state index contributed by atoms with van der Waals surface area (Å²) in [5.74, 6) is -0.204. The molecule has 5 nitrogen and oxygen atoms in total. The predicted molar refractivity (Wildman–Crippen MR) is 79.8 cm³/mol. The molecule has 1 unspecified atom stereocenters. The number of aliphatic hydroxyl groups excluding tert-OH is 1. The minimum absolute atomic E-state index is 0.0334. The maximum absolute atomic E-state index is 11.9. The lowest BCUT2D eigenvalue weighted by Crippen LogP contribution is -2.29. The van der Waals surface area contributed by atoms with Crippen LogP contribution in [0.2, 0.25) is 0 Å². The van der Waals surface area contributed by atoms with Gasteiger partial charge in [0.15, 0.2) is 5.69 Å². The van der Waals surface area contributed by atoms with Crippen LogP contribution in [-0.4, -0.2) is 33.9 Å². The number of halogens is 1. The van der Waals surface area contributed by atoms with Gasteiger partial charge in [-0.05, 0) is 30.2 Å². The first-order valence-electron chi connectivity index (χ1n) is 6.31. The second-order valence-corrected chi connectivity index (χ2v) is 5.54. The van der Waals surface area contributed by atoms with Gasteiger partial charge in [0.05, 0.1) is 5.69 Å². The van der Waals surface area contributed by atoms with E-state index < -0.39 is 0 Å². The van der Waals surface area contributed by atoms with Crippen molar-refractivity contribution in [3.05, 3.63) is 46.7 Å². The van der Waals surface area contributed by atoms with Crippen molar-refractivity contribution in [3.63, 3.8) is 0 Å². The monoisotopic (exact) mass is 337 g/mol. The summed E-state index contributed by atoms with van der Waals surface area (Å²) in [5.41, 5.74) is 1.23. The molecule has 106 valence electrons. The molecule has 1 heterocycles. The number of amides is 1. The molecular formula is C14H16BrN3O2. The SMILES string of the molecule is CC(CO)CNC(=O)c1ccn(-c2cccc(Br)c2)n1. The third-order valence-corrected chi connectivity index (χ3v) is 3.31. The summed E-state index contributed by atoms with van der Waals surface area (Å²) in [6.07, 6.45) is 1.74. The molecule has 20 heavy (non-hydrogen) atoms. The molecule has 1 aromatic carbocycles. The number of aliphatic hydroxyl groups is 1. The second kappa shape index (κ2) is 6.67. The number of nitrogens with zero attached hydrogens (tertiary/aromatic N) is 2. The Morgan fingerprint density at radius 2 is 2.30 bits per heavy atom. The summed E-state index contributed by atoms with van der Waals surface area (Å²) in [7, 11) is 0. The largest absolute Gasteiger partial charge is 0.396 e. The first-order valence-corrected chi connectivity index (χ1v) is 7.10. The number of aromatic nitrogens is 2. The lowest BCUT2D eigenvalue weighted by atomic mass is 10.2. The van der Waals surface area contributed by atoms with Gasteiger partial charge >= 0.3 is 0 Å². The van der Waals surface area contributed by atoms with Gasteiger partial charge < -0.3 is 10.4 Å². The molecular weight excluding hydrogens is 322 g/mol. The Morgan fingerprint density at radius 3 is 3.00 bits per heavy atom. The first-order chi connectivity index (χ1) is 9.60. The van der Waals surface area contributed by atoms with Gasteiger partial charge in [-0.2, -0.15) is 5.10 Å². The average Bonchev–Trinajstić information content (AvgIpc) is 2.94. The van der Waals surface area contributed by atoms with Crippen LogP contribution < -0.4 is 5.32 Å². The zero-order valence-electron chi connectivity index (χ0n) is 11.1. The third-order valence-electron chi connectivity index (χ3n) is 2.82. The molecule has 0 bridgehead atoms. The molecule has 0 fully saturated rings. The van der Waals surface area contributed by atoms with E-state index in [0.29, 0.717) is 12.2 Å². The van der Waals surface area contributed by atoms with Crippen LogP contribution in [-0.2, 0) is 0 Å². The number of benzene rings is 1. The molecule has 0 aliphatic carbocycles. The van der Waals surface area contributed by atoms with Gasteiger partial charge in [0.2, 0.25) is 0 Å². The van der Waals surface area contributed by atoms with Crippen molar-refractivity contribution >= 4 is 21.8 Å². The Bertz CT molecular complexity index is 598. The first kappa shape index (κ1) is 14.7. The number of carbonyl (C=O) groups excluding carboxylic acids is 1. The molecule has 0 saturated heterocycles. The molecule has 0 aliphatic heterocycles. The molecule has 0 spiro atoms. The fourth-order valence-electron chi connectivity index (χ4n) is 1.63. The van der Waals surface area contributed by atoms with Crippen molar-refractivity contribution in [2.75, 3.05) is 13.2 Å². The van der Waals surface area contributed by atoms with E-state index in [1.165, 1.54) is 0 Å². The minimum Gasteiger partial charge on any atom is -0.396 e. The van der Waals surface area contributed by atoms with Crippen molar-refractivity contribution in [3.8, 4) is 5.69 Å². The Labute approximate surface area is 125 Å². The smallest absolute Gasteiger partial charge is 0.271 e. The highest BCUT2D eigenvalue weighted by Crippen LogP contribution is 2.15. The van der Waals surface area contributed by atoms with Crippen LogP contribution in [0, 0.1) is 5.92 Å². The molecule has 1 aromatic heterocycles. The van der Waals surface area contributed by atoms with Crippen LogP contribution in [0.5, 0.6) is 0 Å². The predicted octanol–water partition coefficient (Wildman–Crippen LogP) is 1.99. The lowest BCUT2D eigenvalue weighted by molar-refractivity contribution is 0.0937. The van der Waals surface area contributed by atoms with Gasteiger partial charge in [-0.3, -0.25) is 4.79 Å². The number of carbonyl (C=O) groups is 1. The van der Waals surface area contributed by atoms with Crippen LogP contribution in [0.15, 0.2) is 41.0 Å². The van der Waals surface area contributed by atoms with Gasteiger partial charge in [-0.25, -0.2) is 4.68 Å². The molecule has 0 radical (unpaired) electrons. The summed E-state index contributed by atoms with van der Waals surface area (Å²) < 4.78 is 2.60. The maximum atomic E-state index is 11.9. The van der Waals surface area contributed by atoms with E-state index in [2.05, 4.69) is 26.3 Å². The number of hydrogen-bond donors (Lipinski definition) is 2. The molecule has 0 saturated carbocycles. The van der Waals surface area contributed by atoms with Gasteiger partial charge in [-0.1, -0.05) is 28.9 Å². The fourth-order valence-corrected chi connectivity index (χ4v) is 2.02. The Hall–Kier alpha value is -1.66. The lowest BCUT2D eigenvalue weighted by Gasteiger charge is -2.08. The van der Waals surface area contributed by atoms with Crippen LogP contribution in [0.3, 0.4) is 0 Å². The summed E-state index contributed by atoms with van der Waals surface area (Å²) in [4.78, 5) is 11.9. The summed E-state index contributed by atoms with van der Waals surface area (Å²) >= 11 is 3.40. The average molecular weight is 338 g/mol. The van der Waals surface area contributed by atoms with Crippen molar-refractivity contribution in [1.82, 2.24) is 15.1 Å². The number of hydrogen-bond acceptors (Lipinski definition) is 3. The highest BCUT2D eigenvalue weighted by molar-refractivity contribution is 9.10. The molecule has 1 amide bonds. The van der Waals surface area contributed by atoms with E-state index in [1.54, 1.807) is 16.9 Å². The van der Waals surface area contributed by atoms with Crippen LogP contribution in [0.1, 0.15) is 17.4 Å². The van der Waals surface area contributed by atoms with Crippen LogP contribution in [0.4, 0.5) is 0 Å². The topological polar surface area (TPSA) is 67.2 Å². The van der Waals surface area contributed by atoms with Crippen LogP contribution >= 0.6 is 15.9 Å². The van der Waals surface area contributed by atoms with E-state index in [9.17, 15) is 4.79 Å². The number of nitrogens with one attached hydrogen (secondary N) is 1. The molecule has 2 aromatic rings. The van der Waals surface area contributed by atoms with Crippen molar-refractivity contribution in [2.24, 2.45) is 5.92 Å². The molecule has 6 heteroatoms. The Kier molecular flexibility index (Phi) is 4.92. The molecule has 1 atom stereocenters. The zero-order valence-corrected chi connectivity index (χ0v) is 12.7. The Morgan fingerprint density at radius 1 is 1.50 bits per heavy atom. The van der Waals surface area contributed by atoms with E-state index in [-0.39, 0.29) is 18.4 Å². The summed E-state index contributed by atoms with van der Waals surface area (Å²) in [6, 6.07) is 9.33. The second-order valence-electron chi connectivity index (χ2n) is 4.62. The van der Waals surface area contributed by atoms with E-state index in [0.717, 1.165) is 10.2 Å². The quantitative estimate of drug-likeness (QED) is 0.876. The van der Waals surface area contributed by atoms with Crippen molar-refractivity contribution in [2.45, 2.75) is 6.92 Å². The van der Waals surface area contributed by atoms with E-state index >= 15 is 0 Å². The minimum atomic E-state index is -0.237. The zero-order chi connectivity index (χ0) is 14.5. The number of rotatable bonds is 5. The molecule has 2 rings (SSSR count). The van der Waals surface area contributed by atoms with Gasteiger partial charge in [-0.15, -0.1) is 0 Å². The van der Waals surface area contributed by atoms with Crippen LogP contribution in [0.25, 0.3) is 5.69 Å².